The van der Waals surface area contributed by atoms with Crippen LogP contribution in [0.25, 0.3) is 11.2 Å². The quantitative estimate of drug-likeness (QED) is 0.550. The SMILES string of the molecule is Cc1nc2nc(N3CCO[C@@H](c4cnn(C5CC5)c4)C3)nc(C34CC(C(F)(F)F)(C3)C4)c2nc1C. The van der Waals surface area contributed by atoms with E-state index in [1.165, 1.54) is 0 Å². The molecule has 5 aliphatic rings. The highest BCUT2D eigenvalue weighted by Gasteiger charge is 2.79. The highest BCUT2D eigenvalue weighted by atomic mass is 19.4. The van der Waals surface area contributed by atoms with Crippen molar-refractivity contribution in [2.24, 2.45) is 5.41 Å². The van der Waals surface area contributed by atoms with Crippen LogP contribution < -0.4 is 4.90 Å². The van der Waals surface area contributed by atoms with Crippen molar-refractivity contribution in [2.45, 2.75) is 69.7 Å². The molecule has 0 spiro atoms. The molecule has 4 saturated carbocycles. The fourth-order valence-electron chi connectivity index (χ4n) is 6.04. The van der Waals surface area contributed by atoms with Gasteiger partial charge in [0.05, 0.1) is 47.9 Å². The van der Waals surface area contributed by atoms with Crippen LogP contribution in [0, 0.1) is 19.3 Å². The molecule has 184 valence electrons. The zero-order valence-electron chi connectivity index (χ0n) is 19.6. The van der Waals surface area contributed by atoms with Gasteiger partial charge in [0.2, 0.25) is 5.95 Å². The Labute approximate surface area is 199 Å². The lowest BCUT2D eigenvalue weighted by Crippen LogP contribution is -2.70. The second-order valence-corrected chi connectivity index (χ2v) is 10.8. The summed E-state index contributed by atoms with van der Waals surface area (Å²) in [5.74, 6) is 0.485. The van der Waals surface area contributed by atoms with Gasteiger partial charge in [-0.15, -0.1) is 0 Å². The zero-order chi connectivity index (χ0) is 24.2. The topological polar surface area (TPSA) is 81.9 Å². The molecule has 5 fully saturated rings. The summed E-state index contributed by atoms with van der Waals surface area (Å²) in [6, 6.07) is 0.494. The van der Waals surface area contributed by atoms with E-state index < -0.39 is 17.0 Å². The third kappa shape index (κ3) is 3.12. The van der Waals surface area contributed by atoms with Crippen LogP contribution >= 0.6 is 0 Å². The number of aromatic nitrogens is 6. The van der Waals surface area contributed by atoms with Crippen molar-refractivity contribution >= 4 is 17.1 Å². The van der Waals surface area contributed by atoms with Crippen molar-refractivity contribution in [1.29, 1.82) is 0 Å². The number of halogens is 3. The molecule has 1 atom stereocenters. The van der Waals surface area contributed by atoms with Crippen molar-refractivity contribution in [3.05, 3.63) is 35.0 Å². The average molecular weight is 486 g/mol. The van der Waals surface area contributed by atoms with E-state index in [0.717, 1.165) is 29.8 Å². The van der Waals surface area contributed by atoms with Gasteiger partial charge in [0.25, 0.3) is 0 Å². The van der Waals surface area contributed by atoms with Crippen LogP contribution in [0.2, 0.25) is 0 Å². The Morgan fingerprint density at radius 1 is 1.03 bits per heavy atom. The number of anilines is 1. The van der Waals surface area contributed by atoms with Crippen LogP contribution in [0.3, 0.4) is 0 Å². The second kappa shape index (κ2) is 6.89. The number of ether oxygens (including phenoxy) is 1. The Morgan fingerprint density at radius 2 is 1.77 bits per heavy atom. The summed E-state index contributed by atoms with van der Waals surface area (Å²) in [6.07, 6.45) is 2.06. The van der Waals surface area contributed by atoms with Gasteiger partial charge in [0.15, 0.2) is 5.65 Å². The largest absolute Gasteiger partial charge is 0.394 e. The monoisotopic (exact) mass is 485 g/mol. The molecular weight excluding hydrogens is 459 g/mol. The predicted molar refractivity (Wildman–Crippen MR) is 120 cm³/mol. The molecule has 8 nitrogen and oxygen atoms in total. The Balaban J connectivity index is 1.24. The maximum Gasteiger partial charge on any atom is 0.394 e. The first kappa shape index (κ1) is 21.5. The highest BCUT2D eigenvalue weighted by Crippen LogP contribution is 2.78. The number of nitrogens with zero attached hydrogens (tertiary/aromatic N) is 7. The molecule has 1 saturated heterocycles. The van der Waals surface area contributed by atoms with Crippen molar-refractivity contribution in [2.75, 3.05) is 24.6 Å². The number of alkyl halides is 3. The number of rotatable bonds is 4. The minimum Gasteiger partial charge on any atom is -0.370 e. The summed E-state index contributed by atoms with van der Waals surface area (Å²) in [7, 11) is 0. The number of hydrogen-bond donors (Lipinski definition) is 0. The summed E-state index contributed by atoms with van der Waals surface area (Å²) in [5.41, 5.74) is 1.94. The summed E-state index contributed by atoms with van der Waals surface area (Å²) in [4.78, 5) is 21.0. The maximum absolute atomic E-state index is 13.6. The van der Waals surface area contributed by atoms with E-state index in [1.54, 1.807) is 0 Å². The van der Waals surface area contributed by atoms with Crippen molar-refractivity contribution < 1.29 is 17.9 Å². The molecule has 0 radical (unpaired) electrons. The van der Waals surface area contributed by atoms with E-state index >= 15 is 0 Å². The molecule has 4 heterocycles. The zero-order valence-corrected chi connectivity index (χ0v) is 19.6. The van der Waals surface area contributed by atoms with E-state index in [2.05, 4.69) is 21.3 Å². The molecule has 1 aliphatic heterocycles. The van der Waals surface area contributed by atoms with Gasteiger partial charge in [-0.3, -0.25) is 4.68 Å². The van der Waals surface area contributed by atoms with Gasteiger partial charge in [-0.25, -0.2) is 15.0 Å². The fraction of sp³-hybridized carbons (Fsp3) is 0.625. The van der Waals surface area contributed by atoms with Crippen LogP contribution in [0.15, 0.2) is 12.4 Å². The smallest absolute Gasteiger partial charge is 0.370 e. The Hall–Kier alpha value is -2.82. The van der Waals surface area contributed by atoms with Crippen LogP contribution in [-0.4, -0.2) is 55.6 Å². The van der Waals surface area contributed by atoms with Gasteiger partial charge in [0, 0.05) is 23.7 Å². The first-order valence-electron chi connectivity index (χ1n) is 12.2. The molecule has 2 bridgehead atoms. The first-order chi connectivity index (χ1) is 16.7. The minimum absolute atomic E-state index is 0.0652. The number of hydrogen-bond acceptors (Lipinski definition) is 7. The minimum atomic E-state index is -4.18. The molecule has 0 amide bonds. The van der Waals surface area contributed by atoms with Crippen molar-refractivity contribution in [3.63, 3.8) is 0 Å². The molecule has 0 aromatic carbocycles. The summed E-state index contributed by atoms with van der Waals surface area (Å²) < 4.78 is 48.8. The molecule has 4 aliphatic carbocycles. The van der Waals surface area contributed by atoms with E-state index in [1.807, 2.05) is 29.6 Å². The lowest BCUT2D eigenvalue weighted by Gasteiger charge is -2.70. The lowest BCUT2D eigenvalue weighted by molar-refractivity contribution is -0.337. The standard InChI is InChI=1S/C24H26F3N7O/c1-13-14(2)30-20-18(29-13)19(22-10-23(11-22,12-22)24(25,26)27)31-21(32-20)33-5-6-35-17(9-33)15-7-28-34(8-15)16-3-4-16/h7-8,16-17H,3-6,9-12H2,1-2H3/t17-,22?,23?/m1/s1. The van der Waals surface area contributed by atoms with Gasteiger partial charge < -0.3 is 9.64 Å². The summed E-state index contributed by atoms with van der Waals surface area (Å²) >= 11 is 0. The Morgan fingerprint density at radius 3 is 2.49 bits per heavy atom. The number of morpholine rings is 1. The molecule has 3 aromatic heterocycles. The first-order valence-corrected chi connectivity index (χ1v) is 12.2. The summed E-state index contributed by atoms with van der Waals surface area (Å²) in [6.45, 7) is 5.35. The maximum atomic E-state index is 13.6. The predicted octanol–water partition coefficient (Wildman–Crippen LogP) is 4.13. The Kier molecular flexibility index (Phi) is 4.23. The molecule has 0 unspecified atom stereocenters. The Bertz CT molecular complexity index is 1330. The molecule has 11 heteroatoms. The van der Waals surface area contributed by atoms with Gasteiger partial charge in [-0.2, -0.15) is 23.3 Å². The third-order valence-electron chi connectivity index (χ3n) is 8.33. The fourth-order valence-corrected chi connectivity index (χ4v) is 6.04. The van der Waals surface area contributed by atoms with Crippen LogP contribution in [-0.2, 0) is 10.2 Å². The third-order valence-corrected chi connectivity index (χ3v) is 8.33. The van der Waals surface area contributed by atoms with E-state index in [4.69, 9.17) is 14.7 Å². The lowest BCUT2D eigenvalue weighted by atomic mass is 9.34. The van der Waals surface area contributed by atoms with Crippen LogP contribution in [0.1, 0.15) is 66.9 Å². The van der Waals surface area contributed by atoms with E-state index in [0.29, 0.717) is 48.5 Å². The van der Waals surface area contributed by atoms with E-state index in [9.17, 15) is 13.2 Å². The van der Waals surface area contributed by atoms with Gasteiger partial charge in [-0.1, -0.05) is 0 Å². The van der Waals surface area contributed by atoms with Crippen LogP contribution in [0.5, 0.6) is 0 Å². The van der Waals surface area contributed by atoms with Gasteiger partial charge in [0.1, 0.15) is 11.6 Å². The summed E-state index contributed by atoms with van der Waals surface area (Å²) in [5, 5.41) is 4.48. The molecular formula is C24H26F3N7O. The molecule has 8 rings (SSSR count). The van der Waals surface area contributed by atoms with Gasteiger partial charge >= 0.3 is 6.18 Å². The normalized spacial score (nSPS) is 30.3. The van der Waals surface area contributed by atoms with Crippen LogP contribution in [0.4, 0.5) is 19.1 Å². The molecule has 35 heavy (non-hydrogen) atoms. The number of fused-ring (bicyclic) bond motifs is 1. The molecule has 0 N–H and O–H groups in total. The van der Waals surface area contributed by atoms with Crippen molar-refractivity contribution in [3.8, 4) is 0 Å². The van der Waals surface area contributed by atoms with Gasteiger partial charge in [-0.05, 0) is 46.0 Å². The van der Waals surface area contributed by atoms with E-state index in [-0.39, 0.29) is 25.4 Å². The number of aryl methyl sites for hydroxylation is 2. The molecule has 3 aromatic rings. The van der Waals surface area contributed by atoms with Crippen molar-refractivity contribution in [1.82, 2.24) is 29.7 Å². The average Bonchev–Trinajstić information content (AvgIpc) is 3.48. The highest BCUT2D eigenvalue weighted by molar-refractivity contribution is 5.77. The second-order valence-electron chi connectivity index (χ2n) is 10.8.